The number of carbonyl (C=O) groups excluding carboxylic acids is 1. The SMILES string of the molecule is Cc1ccc(C=NNC(=O)c2cc(-c3ccccc3OCc3ccc(C)cc3)n[nH]2)cc1. The normalized spacial score (nSPS) is 10.9. The average Bonchev–Trinajstić information content (AvgIpc) is 3.30. The molecule has 0 saturated carbocycles. The molecule has 0 aliphatic rings. The number of carbonyl (C=O) groups is 1. The summed E-state index contributed by atoms with van der Waals surface area (Å²) in [6.45, 7) is 4.52. The number of hydrazone groups is 1. The molecule has 1 aromatic heterocycles. The summed E-state index contributed by atoms with van der Waals surface area (Å²) in [6.07, 6.45) is 1.60. The van der Waals surface area contributed by atoms with Crippen molar-refractivity contribution in [3.63, 3.8) is 0 Å². The molecule has 0 radical (unpaired) electrons. The Kier molecular flexibility index (Phi) is 6.41. The molecule has 3 aromatic carbocycles. The minimum atomic E-state index is -0.370. The summed E-state index contributed by atoms with van der Waals surface area (Å²) in [5, 5.41) is 11.1. The number of ether oxygens (including phenoxy) is 1. The third-order valence-electron chi connectivity index (χ3n) is 4.96. The van der Waals surface area contributed by atoms with Crippen molar-refractivity contribution in [3.8, 4) is 17.0 Å². The van der Waals surface area contributed by atoms with Crippen LogP contribution in [0, 0.1) is 13.8 Å². The Hall–Kier alpha value is -4.19. The lowest BCUT2D eigenvalue weighted by atomic mass is 10.1. The predicted molar refractivity (Wildman–Crippen MR) is 126 cm³/mol. The third-order valence-corrected chi connectivity index (χ3v) is 4.96. The number of amides is 1. The van der Waals surface area contributed by atoms with Crippen LogP contribution in [0.3, 0.4) is 0 Å². The number of para-hydroxylation sites is 1. The van der Waals surface area contributed by atoms with E-state index in [-0.39, 0.29) is 5.91 Å². The fourth-order valence-electron chi connectivity index (χ4n) is 3.10. The van der Waals surface area contributed by atoms with Gasteiger partial charge in [-0.05, 0) is 43.2 Å². The van der Waals surface area contributed by atoms with Gasteiger partial charge in [0.1, 0.15) is 18.1 Å². The monoisotopic (exact) mass is 424 g/mol. The summed E-state index contributed by atoms with van der Waals surface area (Å²) in [4.78, 5) is 12.4. The topological polar surface area (TPSA) is 79.4 Å². The van der Waals surface area contributed by atoms with E-state index in [0.29, 0.717) is 23.7 Å². The highest BCUT2D eigenvalue weighted by Gasteiger charge is 2.13. The van der Waals surface area contributed by atoms with Crippen LogP contribution in [0.4, 0.5) is 0 Å². The average molecular weight is 425 g/mol. The van der Waals surface area contributed by atoms with Crippen molar-refractivity contribution in [1.82, 2.24) is 15.6 Å². The molecule has 0 saturated heterocycles. The molecule has 0 fully saturated rings. The quantitative estimate of drug-likeness (QED) is 0.322. The van der Waals surface area contributed by atoms with Crippen LogP contribution in [0.1, 0.15) is 32.7 Å². The first-order valence-electron chi connectivity index (χ1n) is 10.3. The van der Waals surface area contributed by atoms with E-state index in [2.05, 4.69) is 39.8 Å². The molecular formula is C26H24N4O2. The summed E-state index contributed by atoms with van der Waals surface area (Å²) >= 11 is 0. The van der Waals surface area contributed by atoms with Crippen molar-refractivity contribution >= 4 is 12.1 Å². The maximum atomic E-state index is 12.4. The minimum absolute atomic E-state index is 0.314. The number of hydrogen-bond acceptors (Lipinski definition) is 4. The van der Waals surface area contributed by atoms with Crippen molar-refractivity contribution in [3.05, 3.63) is 107 Å². The highest BCUT2D eigenvalue weighted by atomic mass is 16.5. The van der Waals surface area contributed by atoms with Crippen molar-refractivity contribution < 1.29 is 9.53 Å². The molecular weight excluding hydrogens is 400 g/mol. The predicted octanol–water partition coefficient (Wildman–Crippen LogP) is 5.04. The lowest BCUT2D eigenvalue weighted by Crippen LogP contribution is -2.17. The molecule has 4 rings (SSSR count). The fourth-order valence-corrected chi connectivity index (χ4v) is 3.10. The molecule has 1 amide bonds. The first kappa shape index (κ1) is 21.1. The molecule has 0 unspecified atom stereocenters. The lowest BCUT2D eigenvalue weighted by Gasteiger charge is -2.10. The highest BCUT2D eigenvalue weighted by molar-refractivity contribution is 5.94. The smallest absolute Gasteiger partial charge is 0.289 e. The number of rotatable bonds is 7. The van der Waals surface area contributed by atoms with Crippen LogP contribution in [0.2, 0.25) is 0 Å². The van der Waals surface area contributed by atoms with Crippen LogP contribution in [0.25, 0.3) is 11.3 Å². The van der Waals surface area contributed by atoms with Gasteiger partial charge in [0, 0.05) is 5.56 Å². The van der Waals surface area contributed by atoms with Crippen LogP contribution in [-0.2, 0) is 6.61 Å². The molecule has 0 atom stereocenters. The Morgan fingerprint density at radius 3 is 2.44 bits per heavy atom. The van der Waals surface area contributed by atoms with E-state index in [1.54, 1.807) is 12.3 Å². The summed E-state index contributed by atoms with van der Waals surface area (Å²) in [5.74, 6) is 0.328. The van der Waals surface area contributed by atoms with E-state index in [1.165, 1.54) is 11.1 Å². The molecule has 160 valence electrons. The summed E-state index contributed by atoms with van der Waals surface area (Å²) in [7, 11) is 0. The van der Waals surface area contributed by atoms with E-state index in [1.807, 2.05) is 67.6 Å². The van der Waals surface area contributed by atoms with Gasteiger partial charge in [-0.15, -0.1) is 0 Å². The molecule has 0 spiro atoms. The van der Waals surface area contributed by atoms with Gasteiger partial charge in [-0.3, -0.25) is 9.89 Å². The molecule has 0 aliphatic carbocycles. The number of aromatic nitrogens is 2. The van der Waals surface area contributed by atoms with E-state index in [0.717, 1.165) is 16.7 Å². The van der Waals surface area contributed by atoms with Gasteiger partial charge in [0.05, 0.1) is 11.9 Å². The maximum Gasteiger partial charge on any atom is 0.289 e. The zero-order valence-electron chi connectivity index (χ0n) is 18.0. The molecule has 6 heteroatoms. The summed E-state index contributed by atoms with van der Waals surface area (Å²) in [5.41, 5.74) is 8.62. The first-order chi connectivity index (χ1) is 15.6. The van der Waals surface area contributed by atoms with Crippen LogP contribution in [0.5, 0.6) is 5.75 Å². The van der Waals surface area contributed by atoms with Crippen molar-refractivity contribution in [1.29, 1.82) is 0 Å². The first-order valence-corrected chi connectivity index (χ1v) is 10.3. The molecule has 4 aromatic rings. The van der Waals surface area contributed by atoms with Crippen LogP contribution < -0.4 is 10.2 Å². The van der Waals surface area contributed by atoms with Gasteiger partial charge < -0.3 is 4.74 Å². The van der Waals surface area contributed by atoms with Gasteiger partial charge in [0.25, 0.3) is 5.91 Å². The Bertz CT molecular complexity index is 1230. The van der Waals surface area contributed by atoms with E-state index < -0.39 is 0 Å². The highest BCUT2D eigenvalue weighted by Crippen LogP contribution is 2.29. The molecule has 1 heterocycles. The number of nitrogens with one attached hydrogen (secondary N) is 2. The molecule has 2 N–H and O–H groups in total. The van der Waals surface area contributed by atoms with E-state index in [4.69, 9.17) is 4.74 Å². The van der Waals surface area contributed by atoms with Gasteiger partial charge in [-0.2, -0.15) is 10.2 Å². The number of nitrogens with zero attached hydrogens (tertiary/aromatic N) is 2. The van der Waals surface area contributed by atoms with Gasteiger partial charge in [-0.1, -0.05) is 71.8 Å². The standard InChI is InChI=1S/C26H24N4O2/c1-18-7-11-20(12-8-18)16-27-30-26(31)24-15-23(28-29-24)22-5-3-4-6-25(22)32-17-21-13-9-19(2)10-14-21/h3-16H,17H2,1-2H3,(H,28,29)(H,30,31). The molecule has 0 bridgehead atoms. The zero-order valence-corrected chi connectivity index (χ0v) is 18.0. The second kappa shape index (κ2) is 9.75. The summed E-state index contributed by atoms with van der Waals surface area (Å²) < 4.78 is 6.03. The van der Waals surface area contributed by atoms with Gasteiger partial charge >= 0.3 is 0 Å². The number of aromatic amines is 1. The van der Waals surface area contributed by atoms with Crippen molar-refractivity contribution in [2.45, 2.75) is 20.5 Å². The lowest BCUT2D eigenvalue weighted by molar-refractivity contribution is 0.0950. The number of benzene rings is 3. The number of hydrogen-bond donors (Lipinski definition) is 2. The number of H-pyrrole nitrogens is 1. The summed E-state index contributed by atoms with van der Waals surface area (Å²) in [6, 6.07) is 25.4. The molecule has 32 heavy (non-hydrogen) atoms. The Morgan fingerprint density at radius 2 is 1.69 bits per heavy atom. The second-order valence-corrected chi connectivity index (χ2v) is 7.55. The molecule has 0 aliphatic heterocycles. The van der Waals surface area contributed by atoms with Crippen molar-refractivity contribution in [2.24, 2.45) is 5.10 Å². The van der Waals surface area contributed by atoms with Gasteiger partial charge in [0.15, 0.2) is 0 Å². The van der Waals surface area contributed by atoms with Crippen LogP contribution >= 0.6 is 0 Å². The second-order valence-electron chi connectivity index (χ2n) is 7.55. The minimum Gasteiger partial charge on any atom is -0.488 e. The van der Waals surface area contributed by atoms with Crippen LogP contribution in [0.15, 0.2) is 84.0 Å². The molecule has 6 nitrogen and oxygen atoms in total. The maximum absolute atomic E-state index is 12.4. The Labute approximate surface area is 187 Å². The van der Waals surface area contributed by atoms with Gasteiger partial charge in [0.2, 0.25) is 0 Å². The zero-order chi connectivity index (χ0) is 22.3. The van der Waals surface area contributed by atoms with Crippen molar-refractivity contribution in [2.75, 3.05) is 0 Å². The Balaban J connectivity index is 1.43. The fraction of sp³-hybridized carbons (Fsp3) is 0.115. The Morgan fingerprint density at radius 1 is 1.00 bits per heavy atom. The largest absolute Gasteiger partial charge is 0.488 e. The number of aryl methyl sites for hydroxylation is 2. The van der Waals surface area contributed by atoms with Crippen LogP contribution in [-0.4, -0.2) is 22.3 Å². The third kappa shape index (κ3) is 5.29. The van der Waals surface area contributed by atoms with Gasteiger partial charge in [-0.25, -0.2) is 5.43 Å². The van der Waals surface area contributed by atoms with E-state index >= 15 is 0 Å². The van der Waals surface area contributed by atoms with E-state index in [9.17, 15) is 4.79 Å².